The number of carbonyl (C=O) groups is 2. The van der Waals surface area contributed by atoms with Crippen molar-refractivity contribution < 1.29 is 19.4 Å². The Hall–Kier alpha value is -2.12. The average molecular weight is 359 g/mol. The van der Waals surface area contributed by atoms with E-state index in [1.807, 2.05) is 17.0 Å². The molecule has 2 aliphatic heterocycles. The Morgan fingerprint density at radius 2 is 2.19 bits per heavy atom. The number of ether oxygens (including phenoxy) is 1. The van der Waals surface area contributed by atoms with Crippen LogP contribution in [0, 0.1) is 0 Å². The second-order valence-corrected chi connectivity index (χ2v) is 7.40. The van der Waals surface area contributed by atoms with Crippen LogP contribution in [0.3, 0.4) is 0 Å². The van der Waals surface area contributed by atoms with E-state index in [9.17, 15) is 14.7 Å². The minimum Gasteiger partial charge on any atom is -0.393 e. The molecule has 7 nitrogen and oxygen atoms in total. The van der Waals surface area contributed by atoms with Gasteiger partial charge in [0.1, 0.15) is 0 Å². The van der Waals surface area contributed by atoms with Crippen LogP contribution in [0.15, 0.2) is 24.3 Å². The third-order valence-corrected chi connectivity index (χ3v) is 6.08. The number of aliphatic hydroxyl groups is 1. The van der Waals surface area contributed by atoms with E-state index in [4.69, 9.17) is 4.74 Å². The number of urea groups is 1. The Labute approximate surface area is 152 Å². The van der Waals surface area contributed by atoms with E-state index in [2.05, 4.69) is 5.32 Å². The van der Waals surface area contributed by atoms with Crippen molar-refractivity contribution >= 4 is 17.6 Å². The summed E-state index contributed by atoms with van der Waals surface area (Å²) in [6.07, 6.45) is 2.43. The molecular formula is C19H25N3O4. The van der Waals surface area contributed by atoms with Gasteiger partial charge >= 0.3 is 6.03 Å². The molecular weight excluding hydrogens is 334 g/mol. The summed E-state index contributed by atoms with van der Waals surface area (Å²) in [5.74, 6) is -0.0653. The van der Waals surface area contributed by atoms with E-state index in [0.29, 0.717) is 38.0 Å². The minimum atomic E-state index is -0.392. The van der Waals surface area contributed by atoms with E-state index in [-0.39, 0.29) is 23.6 Å². The molecule has 0 aromatic heterocycles. The Bertz CT molecular complexity index is 724. The highest BCUT2D eigenvalue weighted by atomic mass is 16.5. The Morgan fingerprint density at radius 3 is 2.92 bits per heavy atom. The highest BCUT2D eigenvalue weighted by molar-refractivity contribution is 5.98. The Balaban J connectivity index is 1.59. The van der Waals surface area contributed by atoms with Crippen LogP contribution in [0.4, 0.5) is 10.5 Å². The van der Waals surface area contributed by atoms with Gasteiger partial charge < -0.3 is 20.1 Å². The molecule has 26 heavy (non-hydrogen) atoms. The van der Waals surface area contributed by atoms with Gasteiger partial charge in [-0.2, -0.15) is 0 Å². The predicted octanol–water partition coefficient (Wildman–Crippen LogP) is 1.36. The first-order valence-corrected chi connectivity index (χ1v) is 9.24. The lowest BCUT2D eigenvalue weighted by molar-refractivity contribution is -0.0824. The van der Waals surface area contributed by atoms with Gasteiger partial charge in [0.25, 0.3) is 5.91 Å². The van der Waals surface area contributed by atoms with E-state index in [1.165, 1.54) is 0 Å². The molecule has 1 aliphatic carbocycles. The van der Waals surface area contributed by atoms with E-state index in [1.54, 1.807) is 24.1 Å². The van der Waals surface area contributed by atoms with Crippen LogP contribution in [-0.2, 0) is 4.74 Å². The molecule has 140 valence electrons. The molecule has 1 saturated carbocycles. The third kappa shape index (κ3) is 2.75. The largest absolute Gasteiger partial charge is 0.393 e. The van der Waals surface area contributed by atoms with Crippen LogP contribution >= 0.6 is 0 Å². The fourth-order valence-electron chi connectivity index (χ4n) is 4.61. The Morgan fingerprint density at radius 1 is 1.35 bits per heavy atom. The van der Waals surface area contributed by atoms with Crippen molar-refractivity contribution in [1.82, 2.24) is 10.2 Å². The fraction of sp³-hybridized carbons (Fsp3) is 0.579. The lowest BCUT2D eigenvalue weighted by Gasteiger charge is -2.42. The standard InChI is InChI=1S/C19H25N3O4/c1-26-19-6-5-15(23)12-16(19)22(9-7-19)17(24)13-3-2-4-14(11-13)21-10-8-20-18(21)25/h2-4,11,15-16,23H,5-10,12H2,1H3,(H,20,25)/t15-,16+,19-/m0/s1. The number of nitrogens with zero attached hydrogens (tertiary/aromatic N) is 2. The molecule has 2 saturated heterocycles. The summed E-state index contributed by atoms with van der Waals surface area (Å²) in [6.45, 7) is 1.83. The first kappa shape index (κ1) is 17.3. The number of nitrogens with one attached hydrogen (secondary N) is 1. The number of hydrogen-bond donors (Lipinski definition) is 2. The number of amides is 3. The number of anilines is 1. The number of benzene rings is 1. The molecule has 0 unspecified atom stereocenters. The zero-order chi connectivity index (χ0) is 18.3. The molecule has 2 heterocycles. The lowest BCUT2D eigenvalue weighted by atomic mass is 9.79. The number of carbonyl (C=O) groups excluding carboxylic acids is 2. The van der Waals surface area contributed by atoms with Crippen molar-refractivity contribution in [2.75, 3.05) is 31.6 Å². The normalized spacial score (nSPS) is 31.1. The molecule has 1 aromatic carbocycles. The molecule has 3 aliphatic rings. The summed E-state index contributed by atoms with van der Waals surface area (Å²) >= 11 is 0. The second kappa shape index (κ2) is 6.55. The first-order valence-electron chi connectivity index (χ1n) is 9.24. The maximum absolute atomic E-state index is 13.2. The monoisotopic (exact) mass is 359 g/mol. The third-order valence-electron chi connectivity index (χ3n) is 6.08. The average Bonchev–Trinajstić information content (AvgIpc) is 3.25. The smallest absolute Gasteiger partial charge is 0.321 e. The zero-order valence-electron chi connectivity index (χ0n) is 15.0. The lowest BCUT2D eigenvalue weighted by Crippen LogP contribution is -2.52. The number of fused-ring (bicyclic) bond motifs is 1. The first-order chi connectivity index (χ1) is 12.5. The molecule has 1 aromatic rings. The van der Waals surface area contributed by atoms with Crippen LogP contribution < -0.4 is 10.2 Å². The van der Waals surface area contributed by atoms with Gasteiger partial charge in [0, 0.05) is 38.0 Å². The van der Waals surface area contributed by atoms with Crippen molar-refractivity contribution in [1.29, 1.82) is 0 Å². The van der Waals surface area contributed by atoms with Crippen LogP contribution in [0.5, 0.6) is 0 Å². The summed E-state index contributed by atoms with van der Waals surface area (Å²) in [6, 6.07) is 6.97. The molecule has 0 bridgehead atoms. The molecule has 3 amide bonds. The number of methoxy groups -OCH3 is 1. The van der Waals surface area contributed by atoms with Crippen LogP contribution in [0.25, 0.3) is 0 Å². The molecule has 3 atom stereocenters. The molecule has 0 spiro atoms. The predicted molar refractivity (Wildman–Crippen MR) is 96.2 cm³/mol. The van der Waals surface area contributed by atoms with Crippen molar-refractivity contribution in [2.24, 2.45) is 0 Å². The van der Waals surface area contributed by atoms with E-state index in [0.717, 1.165) is 18.5 Å². The summed E-state index contributed by atoms with van der Waals surface area (Å²) in [5, 5.41) is 12.9. The van der Waals surface area contributed by atoms with Gasteiger partial charge in [-0.1, -0.05) is 6.07 Å². The van der Waals surface area contributed by atoms with Gasteiger partial charge in [-0.05, 0) is 43.9 Å². The molecule has 0 radical (unpaired) electrons. The number of rotatable bonds is 3. The minimum absolute atomic E-state index is 0.0653. The highest BCUT2D eigenvalue weighted by Crippen LogP contribution is 2.43. The highest BCUT2D eigenvalue weighted by Gasteiger charge is 2.52. The van der Waals surface area contributed by atoms with Crippen molar-refractivity contribution in [3.8, 4) is 0 Å². The number of hydrogen-bond acceptors (Lipinski definition) is 4. The van der Waals surface area contributed by atoms with Crippen LogP contribution in [0.2, 0.25) is 0 Å². The topological polar surface area (TPSA) is 82.1 Å². The zero-order valence-corrected chi connectivity index (χ0v) is 15.0. The summed E-state index contributed by atoms with van der Waals surface area (Å²) < 4.78 is 5.82. The molecule has 4 rings (SSSR count). The van der Waals surface area contributed by atoms with Gasteiger partial charge in [-0.15, -0.1) is 0 Å². The number of likely N-dealkylation sites (tertiary alicyclic amines) is 1. The van der Waals surface area contributed by atoms with Gasteiger partial charge in [0.15, 0.2) is 0 Å². The quantitative estimate of drug-likeness (QED) is 0.854. The summed E-state index contributed by atoms with van der Waals surface area (Å²) in [7, 11) is 1.70. The SMILES string of the molecule is CO[C@]12CC[C@H](O)C[C@H]1N(C(=O)c1cccc(N3CCNC3=O)c1)CC2. The van der Waals surface area contributed by atoms with E-state index < -0.39 is 6.10 Å². The van der Waals surface area contributed by atoms with Gasteiger partial charge in [0.2, 0.25) is 0 Å². The maximum Gasteiger partial charge on any atom is 0.321 e. The van der Waals surface area contributed by atoms with Crippen LogP contribution in [-0.4, -0.2) is 66.4 Å². The Kier molecular flexibility index (Phi) is 4.36. The van der Waals surface area contributed by atoms with Gasteiger partial charge in [-0.25, -0.2) is 4.79 Å². The number of aliphatic hydroxyl groups excluding tert-OH is 1. The molecule has 2 N–H and O–H groups in total. The maximum atomic E-state index is 13.2. The van der Waals surface area contributed by atoms with Gasteiger partial charge in [-0.3, -0.25) is 9.69 Å². The molecule has 7 heteroatoms. The summed E-state index contributed by atoms with van der Waals surface area (Å²) in [4.78, 5) is 28.6. The van der Waals surface area contributed by atoms with E-state index >= 15 is 0 Å². The van der Waals surface area contributed by atoms with Crippen molar-refractivity contribution in [3.63, 3.8) is 0 Å². The van der Waals surface area contributed by atoms with Crippen LogP contribution in [0.1, 0.15) is 36.0 Å². The fourth-order valence-corrected chi connectivity index (χ4v) is 4.61. The van der Waals surface area contributed by atoms with Crippen molar-refractivity contribution in [3.05, 3.63) is 29.8 Å². The van der Waals surface area contributed by atoms with Crippen molar-refractivity contribution in [2.45, 2.75) is 43.4 Å². The summed E-state index contributed by atoms with van der Waals surface area (Å²) in [5.41, 5.74) is 0.947. The second-order valence-electron chi connectivity index (χ2n) is 7.40. The van der Waals surface area contributed by atoms with Gasteiger partial charge in [0.05, 0.1) is 17.7 Å². The molecule has 3 fully saturated rings.